The lowest BCUT2D eigenvalue weighted by Gasteiger charge is -2.21. The second-order valence-corrected chi connectivity index (χ2v) is 9.03. The molecule has 2 rings (SSSR count). The van der Waals surface area contributed by atoms with Crippen molar-refractivity contribution in [2.24, 2.45) is 5.92 Å². The monoisotopic (exact) mass is 374 g/mol. The number of hydrogen-bond donors (Lipinski definition) is 1. The fourth-order valence-electron chi connectivity index (χ4n) is 2.67. The zero-order chi connectivity index (χ0) is 19.3. The number of hydrogen-bond acceptors (Lipinski definition) is 3. The number of sulfonamides is 1. The van der Waals surface area contributed by atoms with E-state index < -0.39 is 10.0 Å². The molecule has 1 N–H and O–H groups in total. The van der Waals surface area contributed by atoms with Gasteiger partial charge in [0.2, 0.25) is 10.0 Å². The van der Waals surface area contributed by atoms with E-state index in [2.05, 4.69) is 19.2 Å². The maximum Gasteiger partial charge on any atom is 0.251 e. The fourth-order valence-corrected chi connectivity index (χ4v) is 3.57. The van der Waals surface area contributed by atoms with Gasteiger partial charge < -0.3 is 5.32 Å². The van der Waals surface area contributed by atoms with Crippen molar-refractivity contribution in [3.8, 4) is 0 Å². The van der Waals surface area contributed by atoms with Crippen molar-refractivity contribution in [2.45, 2.75) is 31.2 Å². The average Bonchev–Trinajstić information content (AvgIpc) is 2.61. The highest BCUT2D eigenvalue weighted by molar-refractivity contribution is 7.89. The first-order valence-corrected chi connectivity index (χ1v) is 10.0. The lowest BCUT2D eigenvalue weighted by Crippen LogP contribution is -2.29. The lowest BCUT2D eigenvalue weighted by atomic mass is 9.96. The molecule has 0 fully saturated rings. The van der Waals surface area contributed by atoms with Crippen LogP contribution in [0.4, 0.5) is 0 Å². The largest absolute Gasteiger partial charge is 0.345 e. The zero-order valence-corrected chi connectivity index (χ0v) is 16.5. The lowest BCUT2D eigenvalue weighted by molar-refractivity contribution is 0.0932. The summed E-state index contributed by atoms with van der Waals surface area (Å²) in [6.45, 7) is 4.23. The number of carbonyl (C=O) groups is 1. The van der Waals surface area contributed by atoms with Crippen molar-refractivity contribution < 1.29 is 13.2 Å². The van der Waals surface area contributed by atoms with Gasteiger partial charge in [0.1, 0.15) is 0 Å². The minimum Gasteiger partial charge on any atom is -0.345 e. The Labute approximate surface area is 156 Å². The Morgan fingerprint density at radius 3 is 2.08 bits per heavy atom. The van der Waals surface area contributed by atoms with Gasteiger partial charge in [0.05, 0.1) is 10.9 Å². The Balaban J connectivity index is 2.19. The van der Waals surface area contributed by atoms with E-state index in [1.165, 1.54) is 26.2 Å². The summed E-state index contributed by atoms with van der Waals surface area (Å²) < 4.78 is 25.4. The minimum absolute atomic E-state index is 0.0890. The van der Waals surface area contributed by atoms with Crippen LogP contribution < -0.4 is 5.32 Å². The molecule has 2 aromatic rings. The molecule has 0 heterocycles. The number of rotatable bonds is 7. The number of amides is 1. The van der Waals surface area contributed by atoms with Gasteiger partial charge in [-0.3, -0.25) is 4.79 Å². The highest BCUT2D eigenvalue weighted by Crippen LogP contribution is 2.22. The van der Waals surface area contributed by atoms with Crippen molar-refractivity contribution in [2.75, 3.05) is 14.1 Å². The molecule has 0 saturated heterocycles. The van der Waals surface area contributed by atoms with Gasteiger partial charge in [-0.15, -0.1) is 0 Å². The molecule has 1 amide bonds. The Hall–Kier alpha value is -2.18. The van der Waals surface area contributed by atoms with Crippen LogP contribution in [0.15, 0.2) is 59.5 Å². The second kappa shape index (κ2) is 8.47. The van der Waals surface area contributed by atoms with Crippen LogP contribution in [0.25, 0.3) is 0 Å². The van der Waals surface area contributed by atoms with E-state index in [0.717, 1.165) is 16.3 Å². The smallest absolute Gasteiger partial charge is 0.251 e. The topological polar surface area (TPSA) is 66.5 Å². The van der Waals surface area contributed by atoms with Crippen LogP contribution in [0.5, 0.6) is 0 Å². The molecule has 0 unspecified atom stereocenters. The summed E-state index contributed by atoms with van der Waals surface area (Å²) in [6, 6.07) is 15.8. The van der Waals surface area contributed by atoms with Gasteiger partial charge in [-0.2, -0.15) is 0 Å². The number of benzene rings is 2. The Bertz CT molecular complexity index is 829. The molecule has 26 heavy (non-hydrogen) atoms. The van der Waals surface area contributed by atoms with Crippen LogP contribution in [0, 0.1) is 5.92 Å². The van der Waals surface area contributed by atoms with Gasteiger partial charge in [-0.05, 0) is 42.2 Å². The van der Waals surface area contributed by atoms with E-state index >= 15 is 0 Å². The van der Waals surface area contributed by atoms with E-state index in [4.69, 9.17) is 0 Å². The summed E-state index contributed by atoms with van der Waals surface area (Å²) in [5.74, 6) is 0.210. The van der Waals surface area contributed by atoms with Crippen molar-refractivity contribution >= 4 is 15.9 Å². The number of nitrogens with zero attached hydrogens (tertiary/aromatic N) is 1. The summed E-state index contributed by atoms with van der Waals surface area (Å²) in [5.41, 5.74) is 1.49. The molecule has 2 aromatic carbocycles. The second-order valence-electron chi connectivity index (χ2n) is 6.88. The summed E-state index contributed by atoms with van der Waals surface area (Å²) in [4.78, 5) is 12.8. The molecule has 1 atom stereocenters. The first-order valence-electron chi connectivity index (χ1n) is 8.60. The minimum atomic E-state index is -3.50. The highest BCUT2D eigenvalue weighted by atomic mass is 32.2. The van der Waals surface area contributed by atoms with E-state index in [-0.39, 0.29) is 16.8 Å². The van der Waals surface area contributed by atoms with Crippen molar-refractivity contribution in [3.63, 3.8) is 0 Å². The molecule has 0 aromatic heterocycles. The molecule has 6 heteroatoms. The van der Waals surface area contributed by atoms with Crippen molar-refractivity contribution in [1.29, 1.82) is 0 Å². The summed E-state index contributed by atoms with van der Waals surface area (Å²) in [7, 11) is -0.543. The van der Waals surface area contributed by atoms with E-state index in [1.807, 2.05) is 30.3 Å². The summed E-state index contributed by atoms with van der Waals surface area (Å²) >= 11 is 0. The molecule has 0 aliphatic heterocycles. The van der Waals surface area contributed by atoms with E-state index in [9.17, 15) is 13.2 Å². The maximum atomic E-state index is 12.6. The van der Waals surface area contributed by atoms with Crippen LogP contribution >= 0.6 is 0 Å². The first kappa shape index (κ1) is 20.1. The van der Waals surface area contributed by atoms with Crippen LogP contribution in [-0.2, 0) is 10.0 Å². The normalized spacial score (nSPS) is 13.0. The van der Waals surface area contributed by atoms with Gasteiger partial charge in [0.25, 0.3) is 5.91 Å². The van der Waals surface area contributed by atoms with Crippen LogP contribution in [0.3, 0.4) is 0 Å². The summed E-state index contributed by atoms with van der Waals surface area (Å²) in [6.07, 6.45) is 0.822. The predicted octanol–water partition coefficient (Wildman–Crippen LogP) is 3.45. The SMILES string of the molecule is CC(C)C[C@H](NC(=O)c1ccc(S(=O)(=O)N(C)C)cc1)c1ccccc1. The van der Waals surface area contributed by atoms with Gasteiger partial charge in [-0.25, -0.2) is 12.7 Å². The van der Waals surface area contributed by atoms with Gasteiger partial charge in [0.15, 0.2) is 0 Å². The molecule has 0 spiro atoms. The molecule has 5 nitrogen and oxygen atoms in total. The Kier molecular flexibility index (Phi) is 6.56. The van der Waals surface area contributed by atoms with Crippen LogP contribution in [-0.4, -0.2) is 32.7 Å². The predicted molar refractivity (Wildman–Crippen MR) is 103 cm³/mol. The van der Waals surface area contributed by atoms with Gasteiger partial charge in [-0.1, -0.05) is 44.2 Å². The molecule has 0 saturated carbocycles. The number of carbonyl (C=O) groups excluding carboxylic acids is 1. The van der Waals surface area contributed by atoms with Gasteiger partial charge >= 0.3 is 0 Å². The standard InChI is InChI=1S/C20H26N2O3S/c1-15(2)14-19(16-8-6-5-7-9-16)21-20(23)17-10-12-18(13-11-17)26(24,25)22(3)4/h5-13,15,19H,14H2,1-4H3,(H,21,23)/t19-/m0/s1. The first-order chi connectivity index (χ1) is 12.2. The zero-order valence-electron chi connectivity index (χ0n) is 15.6. The third kappa shape index (κ3) is 4.93. The van der Waals surface area contributed by atoms with Crippen LogP contribution in [0.2, 0.25) is 0 Å². The molecule has 0 radical (unpaired) electrons. The van der Waals surface area contributed by atoms with Gasteiger partial charge in [0, 0.05) is 19.7 Å². The molecule has 0 bridgehead atoms. The maximum absolute atomic E-state index is 12.6. The quantitative estimate of drug-likeness (QED) is 0.807. The third-order valence-electron chi connectivity index (χ3n) is 4.11. The molecule has 0 aliphatic rings. The van der Waals surface area contributed by atoms with E-state index in [1.54, 1.807) is 12.1 Å². The summed E-state index contributed by atoms with van der Waals surface area (Å²) in [5, 5.41) is 3.06. The third-order valence-corrected chi connectivity index (χ3v) is 5.94. The molecule has 140 valence electrons. The van der Waals surface area contributed by atoms with Crippen molar-refractivity contribution in [1.82, 2.24) is 9.62 Å². The molecular formula is C20H26N2O3S. The molecular weight excluding hydrogens is 348 g/mol. The Morgan fingerprint density at radius 1 is 1.00 bits per heavy atom. The highest BCUT2D eigenvalue weighted by Gasteiger charge is 2.19. The van der Waals surface area contributed by atoms with Crippen LogP contribution in [0.1, 0.15) is 42.2 Å². The average molecular weight is 375 g/mol. The Morgan fingerprint density at radius 2 is 1.58 bits per heavy atom. The number of nitrogens with one attached hydrogen (secondary N) is 1. The molecule has 0 aliphatic carbocycles. The van der Waals surface area contributed by atoms with Crippen molar-refractivity contribution in [3.05, 3.63) is 65.7 Å². The van der Waals surface area contributed by atoms with E-state index in [0.29, 0.717) is 11.5 Å². The fraction of sp³-hybridized carbons (Fsp3) is 0.350.